The van der Waals surface area contributed by atoms with Crippen molar-refractivity contribution < 1.29 is 14.3 Å². The maximum atomic E-state index is 11.2. The van der Waals surface area contributed by atoms with Crippen molar-refractivity contribution in [1.82, 2.24) is 0 Å². The lowest BCUT2D eigenvalue weighted by Crippen LogP contribution is -2.15. The van der Waals surface area contributed by atoms with Crippen LogP contribution in [0.2, 0.25) is 0 Å². The molecule has 0 aromatic heterocycles. The molecule has 4 nitrogen and oxygen atoms in total. The van der Waals surface area contributed by atoms with Crippen LogP contribution in [-0.4, -0.2) is 19.2 Å². The average Bonchev–Trinajstić information content (AvgIpc) is 2.37. The van der Waals surface area contributed by atoms with Gasteiger partial charge in [0.1, 0.15) is 5.75 Å². The number of rotatable bonds is 6. The molecular weight excluding hydrogens is 218 g/mol. The molecule has 90 valence electrons. The van der Waals surface area contributed by atoms with Crippen molar-refractivity contribution in [2.45, 2.75) is 19.8 Å². The second-order valence-corrected chi connectivity index (χ2v) is 3.50. The number of benzene rings is 1. The van der Waals surface area contributed by atoms with Crippen molar-refractivity contribution in [1.29, 1.82) is 5.26 Å². The van der Waals surface area contributed by atoms with Crippen molar-refractivity contribution in [2.24, 2.45) is 0 Å². The quantitative estimate of drug-likeness (QED) is 0.558. The van der Waals surface area contributed by atoms with Gasteiger partial charge in [0, 0.05) is 0 Å². The average molecular weight is 233 g/mol. The molecule has 0 amide bonds. The summed E-state index contributed by atoms with van der Waals surface area (Å²) in [6.07, 6.45) is 1.84. The zero-order chi connectivity index (χ0) is 12.5. The van der Waals surface area contributed by atoms with Gasteiger partial charge >= 0.3 is 5.97 Å². The van der Waals surface area contributed by atoms with Gasteiger partial charge in [-0.05, 0) is 24.6 Å². The Morgan fingerprint density at radius 3 is 3.00 bits per heavy atom. The largest absolute Gasteiger partial charge is 0.482 e. The fourth-order valence-corrected chi connectivity index (χ4v) is 1.17. The molecule has 0 unspecified atom stereocenters. The number of nitriles is 1. The molecule has 0 aliphatic heterocycles. The summed E-state index contributed by atoms with van der Waals surface area (Å²) in [5.41, 5.74) is 0.502. The first-order valence-electron chi connectivity index (χ1n) is 5.55. The van der Waals surface area contributed by atoms with E-state index in [0.717, 1.165) is 12.8 Å². The molecule has 17 heavy (non-hydrogen) atoms. The van der Waals surface area contributed by atoms with Crippen LogP contribution >= 0.6 is 0 Å². The van der Waals surface area contributed by atoms with E-state index in [1.54, 1.807) is 24.3 Å². The Kier molecular flexibility index (Phi) is 5.59. The Labute approximate surface area is 101 Å². The van der Waals surface area contributed by atoms with E-state index in [2.05, 4.69) is 0 Å². The summed E-state index contributed by atoms with van der Waals surface area (Å²) in [4.78, 5) is 11.2. The molecule has 1 aromatic carbocycles. The van der Waals surface area contributed by atoms with Crippen LogP contribution in [0.25, 0.3) is 0 Å². The minimum atomic E-state index is -0.388. The van der Waals surface area contributed by atoms with E-state index < -0.39 is 0 Å². The van der Waals surface area contributed by atoms with Gasteiger partial charge in [0.15, 0.2) is 6.61 Å². The molecule has 0 saturated carbocycles. The van der Waals surface area contributed by atoms with Crippen molar-refractivity contribution in [2.75, 3.05) is 13.2 Å². The normalized spacial score (nSPS) is 9.41. The minimum absolute atomic E-state index is 0.126. The van der Waals surface area contributed by atoms with Gasteiger partial charge in [-0.25, -0.2) is 4.79 Å². The SMILES string of the molecule is CCCCOC(=O)COc1cccc(C#N)c1. The number of hydrogen-bond acceptors (Lipinski definition) is 4. The Balaban J connectivity index is 2.34. The second kappa shape index (κ2) is 7.29. The first-order valence-corrected chi connectivity index (χ1v) is 5.55. The number of nitrogens with zero attached hydrogens (tertiary/aromatic N) is 1. The van der Waals surface area contributed by atoms with E-state index >= 15 is 0 Å². The number of unbranched alkanes of at least 4 members (excludes halogenated alkanes) is 1. The van der Waals surface area contributed by atoms with Crippen LogP contribution in [0.5, 0.6) is 5.75 Å². The molecule has 0 heterocycles. The summed E-state index contributed by atoms with van der Waals surface area (Å²) < 4.78 is 10.1. The molecule has 0 spiro atoms. The van der Waals surface area contributed by atoms with Gasteiger partial charge in [-0.1, -0.05) is 19.4 Å². The van der Waals surface area contributed by atoms with Gasteiger partial charge in [-0.2, -0.15) is 5.26 Å². The fourth-order valence-electron chi connectivity index (χ4n) is 1.17. The molecule has 0 aliphatic carbocycles. The minimum Gasteiger partial charge on any atom is -0.482 e. The smallest absolute Gasteiger partial charge is 0.344 e. The lowest BCUT2D eigenvalue weighted by molar-refractivity contribution is -0.146. The molecule has 0 radical (unpaired) electrons. The number of carbonyl (C=O) groups excluding carboxylic acids is 1. The van der Waals surface area contributed by atoms with Crippen LogP contribution in [0, 0.1) is 11.3 Å². The van der Waals surface area contributed by atoms with Gasteiger partial charge in [0.25, 0.3) is 0 Å². The molecule has 0 saturated heterocycles. The summed E-state index contributed by atoms with van der Waals surface area (Å²) in [6.45, 7) is 2.33. The van der Waals surface area contributed by atoms with Crippen molar-refractivity contribution in [3.05, 3.63) is 29.8 Å². The van der Waals surface area contributed by atoms with Gasteiger partial charge in [0.2, 0.25) is 0 Å². The maximum Gasteiger partial charge on any atom is 0.344 e. The van der Waals surface area contributed by atoms with Crippen LogP contribution in [0.4, 0.5) is 0 Å². The molecule has 0 aliphatic rings. The predicted octanol–water partition coefficient (Wildman–Crippen LogP) is 2.28. The first kappa shape index (κ1) is 13.0. The molecule has 1 aromatic rings. The zero-order valence-electron chi connectivity index (χ0n) is 9.81. The summed E-state index contributed by atoms with van der Waals surface area (Å²) in [5, 5.41) is 8.69. The molecular formula is C13H15NO3. The first-order chi connectivity index (χ1) is 8.26. The lowest BCUT2D eigenvalue weighted by Gasteiger charge is -2.06. The molecule has 1 rings (SSSR count). The number of ether oxygens (including phenoxy) is 2. The van der Waals surface area contributed by atoms with Crippen molar-refractivity contribution >= 4 is 5.97 Å². The molecule has 0 fully saturated rings. The highest BCUT2D eigenvalue weighted by atomic mass is 16.6. The van der Waals surface area contributed by atoms with Crippen LogP contribution in [0.15, 0.2) is 24.3 Å². The van der Waals surface area contributed by atoms with E-state index in [1.165, 1.54) is 0 Å². The Morgan fingerprint density at radius 1 is 1.47 bits per heavy atom. The van der Waals surface area contributed by atoms with Gasteiger partial charge in [-0.15, -0.1) is 0 Å². The van der Waals surface area contributed by atoms with E-state index in [0.29, 0.717) is 17.9 Å². The number of carbonyl (C=O) groups is 1. The Bertz CT molecular complexity index is 409. The van der Waals surface area contributed by atoms with Crippen molar-refractivity contribution in [3.63, 3.8) is 0 Å². The molecule has 4 heteroatoms. The lowest BCUT2D eigenvalue weighted by atomic mass is 10.2. The van der Waals surface area contributed by atoms with Crippen LogP contribution in [-0.2, 0) is 9.53 Å². The van der Waals surface area contributed by atoms with Gasteiger partial charge in [0.05, 0.1) is 18.2 Å². The highest BCUT2D eigenvalue weighted by molar-refractivity contribution is 5.71. The molecule has 0 N–H and O–H groups in total. The molecule has 0 atom stereocenters. The topological polar surface area (TPSA) is 59.3 Å². The van der Waals surface area contributed by atoms with E-state index in [9.17, 15) is 4.79 Å². The van der Waals surface area contributed by atoms with Crippen LogP contribution < -0.4 is 4.74 Å². The third kappa shape index (κ3) is 5.03. The van der Waals surface area contributed by atoms with E-state index in [4.69, 9.17) is 14.7 Å². The van der Waals surface area contributed by atoms with E-state index in [-0.39, 0.29) is 12.6 Å². The molecule has 0 bridgehead atoms. The summed E-state index contributed by atoms with van der Waals surface area (Å²) in [7, 11) is 0. The highest BCUT2D eigenvalue weighted by Gasteiger charge is 2.04. The zero-order valence-corrected chi connectivity index (χ0v) is 9.81. The fraction of sp³-hybridized carbons (Fsp3) is 0.385. The Hall–Kier alpha value is -2.02. The third-order valence-electron chi connectivity index (χ3n) is 2.08. The maximum absolute atomic E-state index is 11.2. The van der Waals surface area contributed by atoms with Crippen molar-refractivity contribution in [3.8, 4) is 11.8 Å². The highest BCUT2D eigenvalue weighted by Crippen LogP contribution is 2.12. The second-order valence-electron chi connectivity index (χ2n) is 3.50. The predicted molar refractivity (Wildman–Crippen MR) is 62.5 cm³/mol. The monoisotopic (exact) mass is 233 g/mol. The standard InChI is InChI=1S/C13H15NO3/c1-2-3-7-16-13(15)10-17-12-6-4-5-11(8-12)9-14/h4-6,8H,2-3,7,10H2,1H3. The third-order valence-corrected chi connectivity index (χ3v) is 2.08. The summed E-state index contributed by atoms with van der Waals surface area (Å²) in [5.74, 6) is 0.109. The van der Waals surface area contributed by atoms with Crippen LogP contribution in [0.3, 0.4) is 0 Å². The van der Waals surface area contributed by atoms with E-state index in [1.807, 2.05) is 13.0 Å². The Morgan fingerprint density at radius 2 is 2.29 bits per heavy atom. The van der Waals surface area contributed by atoms with Gasteiger partial charge in [-0.3, -0.25) is 0 Å². The van der Waals surface area contributed by atoms with Crippen LogP contribution in [0.1, 0.15) is 25.3 Å². The van der Waals surface area contributed by atoms with Gasteiger partial charge < -0.3 is 9.47 Å². The number of esters is 1. The summed E-state index contributed by atoms with van der Waals surface area (Å²) in [6, 6.07) is 8.66. The number of hydrogen-bond donors (Lipinski definition) is 0. The summed E-state index contributed by atoms with van der Waals surface area (Å²) >= 11 is 0.